The summed E-state index contributed by atoms with van der Waals surface area (Å²) >= 11 is 0. The number of nitrogens with one attached hydrogen (secondary N) is 2. The van der Waals surface area contributed by atoms with Crippen LogP contribution in [-0.4, -0.2) is 59.7 Å². The summed E-state index contributed by atoms with van der Waals surface area (Å²) in [5.74, 6) is -0.0198. The molecule has 0 unspecified atom stereocenters. The Hall–Kier alpha value is -2.12. The first-order valence-electron chi connectivity index (χ1n) is 9.50. The maximum absolute atomic E-state index is 12.8. The molecule has 4 rings (SSSR count). The summed E-state index contributed by atoms with van der Waals surface area (Å²) in [5.41, 5.74) is 1.02. The van der Waals surface area contributed by atoms with Gasteiger partial charge in [0.05, 0.1) is 6.04 Å². The van der Waals surface area contributed by atoms with Crippen molar-refractivity contribution in [1.82, 2.24) is 20.6 Å². The van der Waals surface area contributed by atoms with Gasteiger partial charge in [-0.3, -0.25) is 9.63 Å². The molecule has 3 heterocycles. The Labute approximate surface area is 153 Å². The zero-order valence-electron chi connectivity index (χ0n) is 14.9. The summed E-state index contributed by atoms with van der Waals surface area (Å²) in [4.78, 5) is 32.9. The first kappa shape index (κ1) is 17.3. The van der Waals surface area contributed by atoms with Crippen LogP contribution in [-0.2, 0) is 16.2 Å². The first-order chi connectivity index (χ1) is 12.7. The van der Waals surface area contributed by atoms with E-state index in [9.17, 15) is 9.59 Å². The van der Waals surface area contributed by atoms with E-state index in [4.69, 9.17) is 4.84 Å². The van der Waals surface area contributed by atoms with Crippen LogP contribution >= 0.6 is 0 Å². The van der Waals surface area contributed by atoms with Crippen LogP contribution in [0.2, 0.25) is 0 Å². The van der Waals surface area contributed by atoms with Crippen LogP contribution in [0.3, 0.4) is 0 Å². The van der Waals surface area contributed by atoms with E-state index in [1.165, 1.54) is 5.06 Å². The van der Waals surface area contributed by atoms with Gasteiger partial charge in [-0.15, -0.1) is 0 Å². The lowest BCUT2D eigenvalue weighted by Crippen LogP contribution is -2.53. The molecule has 7 nitrogen and oxygen atoms in total. The van der Waals surface area contributed by atoms with Crippen molar-refractivity contribution in [2.45, 2.75) is 50.4 Å². The smallest absolute Gasteiger partial charge is 0.345 e. The van der Waals surface area contributed by atoms with Crippen LogP contribution in [0.4, 0.5) is 4.79 Å². The van der Waals surface area contributed by atoms with Crippen molar-refractivity contribution < 1.29 is 14.4 Å². The molecule has 1 aromatic rings. The van der Waals surface area contributed by atoms with Crippen molar-refractivity contribution in [2.24, 2.45) is 0 Å². The van der Waals surface area contributed by atoms with Gasteiger partial charge in [0.1, 0.15) is 12.6 Å². The third-order valence-corrected chi connectivity index (χ3v) is 5.52. The third-order valence-electron chi connectivity index (χ3n) is 5.52. The van der Waals surface area contributed by atoms with Gasteiger partial charge in [-0.1, -0.05) is 30.3 Å². The number of rotatable bonds is 5. The minimum atomic E-state index is -0.376. The molecule has 3 fully saturated rings. The largest absolute Gasteiger partial charge is 0.351 e. The Morgan fingerprint density at radius 3 is 2.69 bits per heavy atom. The van der Waals surface area contributed by atoms with Gasteiger partial charge in [0.2, 0.25) is 5.91 Å². The molecule has 1 aromatic carbocycles. The van der Waals surface area contributed by atoms with Crippen LogP contribution in [0.1, 0.15) is 31.2 Å². The van der Waals surface area contributed by atoms with Crippen molar-refractivity contribution in [3.63, 3.8) is 0 Å². The maximum Gasteiger partial charge on any atom is 0.345 e. The zero-order valence-corrected chi connectivity index (χ0v) is 14.9. The Morgan fingerprint density at radius 2 is 1.92 bits per heavy atom. The quantitative estimate of drug-likeness (QED) is 0.831. The minimum Gasteiger partial charge on any atom is -0.351 e. The molecular formula is C19H26N4O3. The van der Waals surface area contributed by atoms with Gasteiger partial charge >= 0.3 is 6.03 Å². The third kappa shape index (κ3) is 3.54. The van der Waals surface area contributed by atoms with E-state index in [1.807, 2.05) is 30.3 Å². The minimum absolute atomic E-state index is 0.0198. The van der Waals surface area contributed by atoms with E-state index in [0.717, 1.165) is 37.9 Å². The van der Waals surface area contributed by atoms with E-state index < -0.39 is 0 Å². The molecule has 3 saturated heterocycles. The Bertz CT molecular complexity index is 647. The van der Waals surface area contributed by atoms with Crippen LogP contribution in [0.5, 0.6) is 0 Å². The molecule has 26 heavy (non-hydrogen) atoms. The van der Waals surface area contributed by atoms with E-state index in [-0.39, 0.29) is 30.1 Å². The van der Waals surface area contributed by atoms with Crippen LogP contribution < -0.4 is 10.6 Å². The Morgan fingerprint density at radius 1 is 1.15 bits per heavy atom. The molecule has 3 amide bonds. The molecule has 2 atom stereocenters. The van der Waals surface area contributed by atoms with Gasteiger partial charge in [0.25, 0.3) is 0 Å². The van der Waals surface area contributed by atoms with Gasteiger partial charge in [0, 0.05) is 12.6 Å². The van der Waals surface area contributed by atoms with Gasteiger partial charge in [-0.2, -0.15) is 5.06 Å². The second-order valence-electron chi connectivity index (χ2n) is 7.30. The number of carbonyl (C=O) groups is 2. The molecule has 0 spiro atoms. The highest BCUT2D eigenvalue weighted by Gasteiger charge is 2.48. The summed E-state index contributed by atoms with van der Waals surface area (Å²) in [5, 5.41) is 7.90. The summed E-state index contributed by atoms with van der Waals surface area (Å²) in [6, 6.07) is 9.49. The number of hydroxylamine groups is 2. The molecule has 3 aliphatic rings. The second kappa shape index (κ2) is 7.63. The number of urea groups is 1. The lowest BCUT2D eigenvalue weighted by Gasteiger charge is -2.32. The number of amides is 3. The number of benzene rings is 1. The average molecular weight is 358 g/mol. The number of hydrogen-bond acceptors (Lipinski definition) is 4. The summed E-state index contributed by atoms with van der Waals surface area (Å²) in [7, 11) is 0. The van der Waals surface area contributed by atoms with Crippen molar-refractivity contribution in [3.05, 3.63) is 35.9 Å². The standard InChI is InChI=1S/C19H26N4O3/c24-18(21-15-8-10-20-11-9-15)17-7-6-16-12-22(17)19(25)23(16)26-13-14-4-2-1-3-5-14/h1-5,15-17,20H,6-13H2,(H,21,24)/t16-,17+/m1/s1. The topological polar surface area (TPSA) is 73.9 Å². The summed E-state index contributed by atoms with van der Waals surface area (Å²) in [6.45, 7) is 2.80. The predicted octanol–water partition coefficient (Wildman–Crippen LogP) is 1.26. The average Bonchev–Trinajstić information content (AvgIpc) is 2.92. The van der Waals surface area contributed by atoms with Gasteiger partial charge in [0.15, 0.2) is 0 Å². The van der Waals surface area contributed by atoms with Crippen molar-refractivity contribution in [1.29, 1.82) is 0 Å². The van der Waals surface area contributed by atoms with Crippen LogP contribution in [0.15, 0.2) is 30.3 Å². The van der Waals surface area contributed by atoms with E-state index >= 15 is 0 Å². The lowest BCUT2D eigenvalue weighted by molar-refractivity contribution is -0.140. The van der Waals surface area contributed by atoms with Crippen LogP contribution in [0, 0.1) is 0 Å². The molecule has 0 aromatic heterocycles. The highest BCUT2D eigenvalue weighted by molar-refractivity contribution is 5.88. The molecule has 2 bridgehead atoms. The van der Waals surface area contributed by atoms with Crippen molar-refractivity contribution in [2.75, 3.05) is 19.6 Å². The Kier molecular flexibility index (Phi) is 5.08. The van der Waals surface area contributed by atoms with Crippen molar-refractivity contribution >= 4 is 11.9 Å². The maximum atomic E-state index is 12.8. The normalized spacial score (nSPS) is 26.2. The molecule has 2 N–H and O–H groups in total. The number of hydrogen-bond donors (Lipinski definition) is 2. The zero-order chi connectivity index (χ0) is 17.9. The molecule has 140 valence electrons. The fraction of sp³-hybridized carbons (Fsp3) is 0.579. The SMILES string of the molecule is O=C(NC1CCNCC1)[C@@H]1CC[C@@H]2CN1C(=O)N2OCc1ccccc1. The number of carbonyl (C=O) groups excluding carboxylic acids is 2. The van der Waals surface area contributed by atoms with E-state index in [1.54, 1.807) is 4.90 Å². The van der Waals surface area contributed by atoms with Gasteiger partial charge in [-0.25, -0.2) is 4.79 Å². The summed E-state index contributed by atoms with van der Waals surface area (Å²) in [6.07, 6.45) is 3.38. The fourth-order valence-electron chi connectivity index (χ4n) is 4.05. The number of nitrogens with zero attached hydrogens (tertiary/aromatic N) is 2. The highest BCUT2D eigenvalue weighted by Crippen LogP contribution is 2.30. The predicted molar refractivity (Wildman–Crippen MR) is 96.0 cm³/mol. The van der Waals surface area contributed by atoms with E-state index in [0.29, 0.717) is 19.6 Å². The van der Waals surface area contributed by atoms with Gasteiger partial charge < -0.3 is 15.5 Å². The lowest BCUT2D eigenvalue weighted by atomic mass is 9.99. The molecule has 0 radical (unpaired) electrons. The molecule has 3 aliphatic heterocycles. The van der Waals surface area contributed by atoms with Gasteiger partial charge in [-0.05, 0) is 44.3 Å². The molecule has 0 aliphatic carbocycles. The fourth-order valence-corrected chi connectivity index (χ4v) is 4.05. The number of piperidine rings is 2. The molecule has 7 heteroatoms. The van der Waals surface area contributed by atoms with E-state index in [2.05, 4.69) is 10.6 Å². The molecular weight excluding hydrogens is 332 g/mol. The highest BCUT2D eigenvalue weighted by atomic mass is 16.7. The first-order valence-corrected chi connectivity index (χ1v) is 9.50. The monoisotopic (exact) mass is 358 g/mol. The summed E-state index contributed by atoms with van der Waals surface area (Å²) < 4.78 is 0. The molecule has 0 saturated carbocycles. The Balaban J connectivity index is 1.35. The van der Waals surface area contributed by atoms with Crippen LogP contribution in [0.25, 0.3) is 0 Å². The van der Waals surface area contributed by atoms with Crippen molar-refractivity contribution in [3.8, 4) is 0 Å². The number of fused-ring (bicyclic) bond motifs is 2. The second-order valence-corrected chi connectivity index (χ2v) is 7.30.